The van der Waals surface area contributed by atoms with Gasteiger partial charge in [-0.15, -0.1) is 0 Å². The van der Waals surface area contributed by atoms with E-state index >= 15 is 0 Å². The van der Waals surface area contributed by atoms with Gasteiger partial charge in [-0.1, -0.05) is 30.3 Å². The summed E-state index contributed by atoms with van der Waals surface area (Å²) in [5.74, 6) is -0.0782. The quantitative estimate of drug-likeness (QED) is 0.819. The molecule has 0 unspecified atom stereocenters. The van der Waals surface area contributed by atoms with Gasteiger partial charge in [0.15, 0.2) is 0 Å². The van der Waals surface area contributed by atoms with Crippen molar-refractivity contribution in [1.82, 2.24) is 9.78 Å². The number of nitrogens with two attached hydrogens (primary N) is 1. The lowest BCUT2D eigenvalue weighted by Crippen LogP contribution is -2.12. The molecule has 0 amide bonds. The van der Waals surface area contributed by atoms with Crippen LogP contribution in [0.15, 0.2) is 30.3 Å². The number of nitrogens with zero attached hydrogens (tertiary/aromatic N) is 2. The van der Waals surface area contributed by atoms with Crippen molar-refractivity contribution >= 4 is 11.5 Å². The molecule has 0 radical (unpaired) electrons. The van der Waals surface area contributed by atoms with E-state index in [1.165, 1.54) is 0 Å². The maximum Gasteiger partial charge on any atom is 0.213 e. The van der Waals surface area contributed by atoms with Crippen molar-refractivity contribution in [2.45, 2.75) is 20.4 Å². The molecule has 2 N–H and O–H groups in total. The largest absolute Gasteiger partial charge is 0.395 e. The van der Waals surface area contributed by atoms with Gasteiger partial charge in [0, 0.05) is 12.1 Å². The Morgan fingerprint density at radius 3 is 2.59 bits per heavy atom. The fourth-order valence-corrected chi connectivity index (χ4v) is 1.79. The Morgan fingerprint density at radius 2 is 2.00 bits per heavy atom. The highest BCUT2D eigenvalue weighted by molar-refractivity contribution is 6.11. The highest BCUT2D eigenvalue weighted by atomic mass is 16.1. The number of hydrogen-bond donors (Lipinski definition) is 1. The molecular weight excluding hydrogens is 214 g/mol. The number of carbonyl (C=O) groups excluding carboxylic acids is 1. The fourth-order valence-electron chi connectivity index (χ4n) is 1.79. The first-order chi connectivity index (χ1) is 8.15. The highest BCUT2D eigenvalue weighted by Crippen LogP contribution is 2.20. The Hall–Kier alpha value is -2.10. The van der Waals surface area contributed by atoms with Crippen LogP contribution in [0.1, 0.15) is 28.7 Å². The standard InChI is InChI=1S/C13H15N3O/c1-3-16-12(11(14)9(2)15-16)13(17)10-7-5-4-6-8-10/h4-8H,3,14H2,1-2H3. The summed E-state index contributed by atoms with van der Waals surface area (Å²) in [5, 5.41) is 4.25. The predicted molar refractivity (Wildman–Crippen MR) is 66.9 cm³/mol. The van der Waals surface area contributed by atoms with Gasteiger partial charge >= 0.3 is 0 Å². The summed E-state index contributed by atoms with van der Waals surface area (Å²) >= 11 is 0. The topological polar surface area (TPSA) is 60.9 Å². The highest BCUT2D eigenvalue weighted by Gasteiger charge is 2.19. The van der Waals surface area contributed by atoms with Crippen LogP contribution in [0.5, 0.6) is 0 Å². The molecule has 88 valence electrons. The van der Waals surface area contributed by atoms with E-state index in [0.29, 0.717) is 29.2 Å². The van der Waals surface area contributed by atoms with Crippen LogP contribution in [0.4, 0.5) is 5.69 Å². The summed E-state index contributed by atoms with van der Waals surface area (Å²) in [4.78, 5) is 12.3. The van der Waals surface area contributed by atoms with Gasteiger partial charge in [0.25, 0.3) is 0 Å². The lowest BCUT2D eigenvalue weighted by atomic mass is 10.1. The van der Waals surface area contributed by atoms with Crippen molar-refractivity contribution in [3.8, 4) is 0 Å². The van der Waals surface area contributed by atoms with Gasteiger partial charge in [-0.2, -0.15) is 5.10 Å². The predicted octanol–water partition coefficient (Wildman–Crippen LogP) is 2.02. The third-order valence-corrected chi connectivity index (χ3v) is 2.72. The van der Waals surface area contributed by atoms with Crippen molar-refractivity contribution in [2.75, 3.05) is 5.73 Å². The lowest BCUT2D eigenvalue weighted by Gasteiger charge is -2.04. The SMILES string of the molecule is CCn1nc(C)c(N)c1C(=O)c1ccccc1. The third-order valence-electron chi connectivity index (χ3n) is 2.72. The number of benzene rings is 1. The minimum absolute atomic E-state index is 0.0782. The monoisotopic (exact) mass is 229 g/mol. The molecule has 2 rings (SSSR count). The fraction of sp³-hybridized carbons (Fsp3) is 0.231. The molecule has 0 saturated carbocycles. The zero-order valence-electron chi connectivity index (χ0n) is 9.97. The molecule has 0 aliphatic heterocycles. The van der Waals surface area contributed by atoms with E-state index in [9.17, 15) is 4.79 Å². The average molecular weight is 229 g/mol. The smallest absolute Gasteiger partial charge is 0.213 e. The molecular formula is C13H15N3O. The van der Waals surface area contributed by atoms with Gasteiger partial charge in [0.2, 0.25) is 5.78 Å². The molecule has 4 heteroatoms. The second kappa shape index (κ2) is 4.41. The van der Waals surface area contributed by atoms with Crippen LogP contribution in [0, 0.1) is 6.92 Å². The summed E-state index contributed by atoms with van der Waals surface area (Å²) in [7, 11) is 0. The summed E-state index contributed by atoms with van der Waals surface area (Å²) in [6.07, 6.45) is 0. The molecule has 17 heavy (non-hydrogen) atoms. The zero-order chi connectivity index (χ0) is 12.4. The van der Waals surface area contributed by atoms with Crippen LogP contribution in [0.3, 0.4) is 0 Å². The van der Waals surface area contributed by atoms with Crippen molar-refractivity contribution in [1.29, 1.82) is 0 Å². The Kier molecular flexibility index (Phi) is 2.95. The molecule has 2 aromatic rings. The van der Waals surface area contributed by atoms with E-state index in [2.05, 4.69) is 5.10 Å². The van der Waals surface area contributed by atoms with E-state index in [4.69, 9.17) is 5.73 Å². The minimum Gasteiger partial charge on any atom is -0.395 e. The van der Waals surface area contributed by atoms with Crippen LogP contribution in [0.25, 0.3) is 0 Å². The van der Waals surface area contributed by atoms with Crippen molar-refractivity contribution in [3.63, 3.8) is 0 Å². The Morgan fingerprint density at radius 1 is 1.35 bits per heavy atom. The third kappa shape index (κ3) is 1.93. The van der Waals surface area contributed by atoms with Gasteiger partial charge in [-0.05, 0) is 13.8 Å². The number of anilines is 1. The Balaban J connectivity index is 2.51. The minimum atomic E-state index is -0.0782. The van der Waals surface area contributed by atoms with Crippen molar-refractivity contribution < 1.29 is 4.79 Å². The number of aryl methyl sites for hydroxylation is 2. The Labute approximate surface area is 100 Å². The van der Waals surface area contributed by atoms with Gasteiger partial charge in [0.1, 0.15) is 5.69 Å². The molecule has 0 aliphatic rings. The van der Waals surface area contributed by atoms with Crippen molar-refractivity contribution in [2.24, 2.45) is 0 Å². The number of ketones is 1. The molecule has 4 nitrogen and oxygen atoms in total. The van der Waals surface area contributed by atoms with E-state index in [1.54, 1.807) is 16.8 Å². The number of carbonyl (C=O) groups is 1. The first-order valence-corrected chi connectivity index (χ1v) is 5.57. The normalized spacial score (nSPS) is 10.5. The average Bonchev–Trinajstić information content (AvgIpc) is 2.65. The van der Waals surface area contributed by atoms with Crippen LogP contribution in [-0.4, -0.2) is 15.6 Å². The van der Waals surface area contributed by atoms with Gasteiger partial charge in [0.05, 0.1) is 11.4 Å². The van der Waals surface area contributed by atoms with Crippen molar-refractivity contribution in [3.05, 3.63) is 47.3 Å². The number of hydrogen-bond acceptors (Lipinski definition) is 3. The van der Waals surface area contributed by atoms with Crippen LogP contribution in [0.2, 0.25) is 0 Å². The molecule has 0 fully saturated rings. The molecule has 1 aromatic heterocycles. The first-order valence-electron chi connectivity index (χ1n) is 5.57. The van der Waals surface area contributed by atoms with Crippen LogP contribution >= 0.6 is 0 Å². The van der Waals surface area contributed by atoms with E-state index in [1.807, 2.05) is 32.0 Å². The Bertz CT molecular complexity index is 543. The molecule has 0 atom stereocenters. The molecule has 0 spiro atoms. The summed E-state index contributed by atoms with van der Waals surface area (Å²) < 4.78 is 1.65. The number of aromatic nitrogens is 2. The maximum atomic E-state index is 12.3. The van der Waals surface area contributed by atoms with E-state index < -0.39 is 0 Å². The lowest BCUT2D eigenvalue weighted by molar-refractivity contribution is 0.103. The first kappa shape index (κ1) is 11.4. The summed E-state index contributed by atoms with van der Waals surface area (Å²) in [6, 6.07) is 9.11. The number of rotatable bonds is 3. The molecule has 0 bridgehead atoms. The summed E-state index contributed by atoms with van der Waals surface area (Å²) in [5.41, 5.74) is 8.20. The van der Waals surface area contributed by atoms with Gasteiger partial charge < -0.3 is 5.73 Å². The van der Waals surface area contributed by atoms with Gasteiger partial charge in [-0.25, -0.2) is 0 Å². The van der Waals surface area contributed by atoms with Gasteiger partial charge in [-0.3, -0.25) is 9.48 Å². The molecule has 1 aromatic carbocycles. The molecule has 1 heterocycles. The number of nitrogen functional groups attached to an aromatic ring is 1. The summed E-state index contributed by atoms with van der Waals surface area (Å²) in [6.45, 7) is 4.38. The molecule has 0 saturated heterocycles. The van der Waals surface area contributed by atoms with Crippen LogP contribution < -0.4 is 5.73 Å². The molecule has 0 aliphatic carbocycles. The second-order valence-electron chi connectivity index (χ2n) is 3.86. The van der Waals surface area contributed by atoms with Crippen LogP contribution in [-0.2, 0) is 6.54 Å². The zero-order valence-corrected chi connectivity index (χ0v) is 9.97. The van der Waals surface area contributed by atoms with E-state index in [0.717, 1.165) is 0 Å². The van der Waals surface area contributed by atoms with E-state index in [-0.39, 0.29) is 5.78 Å². The second-order valence-corrected chi connectivity index (χ2v) is 3.86. The maximum absolute atomic E-state index is 12.3.